The number of methoxy groups -OCH3 is 1. The molecule has 0 amide bonds. The lowest BCUT2D eigenvalue weighted by molar-refractivity contribution is -0.139. The summed E-state index contributed by atoms with van der Waals surface area (Å²) in [5, 5.41) is 0.0427. The number of esters is 1. The number of halogens is 4. The van der Waals surface area contributed by atoms with Crippen LogP contribution < -0.4 is 0 Å². The van der Waals surface area contributed by atoms with Crippen LogP contribution in [-0.2, 0) is 16.0 Å². The van der Waals surface area contributed by atoms with Gasteiger partial charge in [0.25, 0.3) is 6.43 Å². The normalized spacial score (nSPS) is 10.6. The fourth-order valence-electron chi connectivity index (χ4n) is 1.13. The summed E-state index contributed by atoms with van der Waals surface area (Å²) in [5.41, 5.74) is -0.235. The Morgan fingerprint density at radius 3 is 2.81 bits per heavy atom. The quantitative estimate of drug-likeness (QED) is 0.472. The molecule has 3 nitrogen and oxygen atoms in total. The van der Waals surface area contributed by atoms with E-state index in [0.717, 1.165) is 0 Å². The monoisotopic (exact) mass is 361 g/mol. The molecule has 0 aliphatic heterocycles. The second-order valence-electron chi connectivity index (χ2n) is 2.84. The number of carbonyl (C=O) groups excluding carboxylic acids is 1. The molecule has 0 N–H and O–H groups in total. The lowest BCUT2D eigenvalue weighted by Crippen LogP contribution is -2.10. The van der Waals surface area contributed by atoms with E-state index in [9.17, 15) is 13.6 Å². The Kier molecular flexibility index (Phi) is 4.85. The Morgan fingerprint density at radius 1 is 1.69 bits per heavy atom. The maximum absolute atomic E-state index is 12.8. The van der Waals surface area contributed by atoms with Gasteiger partial charge in [-0.25, -0.2) is 13.8 Å². The fourth-order valence-corrected chi connectivity index (χ4v) is 2.05. The van der Waals surface area contributed by atoms with Crippen molar-refractivity contribution >= 4 is 40.2 Å². The standard InChI is InChI=1S/C9H7ClF2INO2/c1-16-6(15)2-4-5(10)3-14-9(13)7(4)8(11)12/h3,8H,2H2,1H3. The Balaban J connectivity index is 3.23. The van der Waals surface area contributed by atoms with Gasteiger partial charge in [-0.2, -0.15) is 0 Å². The van der Waals surface area contributed by atoms with Crippen LogP contribution in [-0.4, -0.2) is 18.1 Å². The van der Waals surface area contributed by atoms with E-state index >= 15 is 0 Å². The number of alkyl halides is 2. The van der Waals surface area contributed by atoms with Gasteiger partial charge in [0.2, 0.25) is 0 Å². The molecule has 1 rings (SSSR count). The first-order chi connectivity index (χ1) is 7.47. The molecule has 1 aromatic heterocycles. The van der Waals surface area contributed by atoms with Crippen molar-refractivity contribution in [3.05, 3.63) is 26.0 Å². The summed E-state index contributed by atoms with van der Waals surface area (Å²) in [6.45, 7) is 0. The van der Waals surface area contributed by atoms with E-state index in [4.69, 9.17) is 11.6 Å². The average molecular weight is 362 g/mol. The van der Waals surface area contributed by atoms with Gasteiger partial charge in [0.1, 0.15) is 3.70 Å². The molecular weight excluding hydrogens is 354 g/mol. The summed E-state index contributed by atoms with van der Waals surface area (Å²) in [4.78, 5) is 14.8. The van der Waals surface area contributed by atoms with Crippen molar-refractivity contribution in [1.29, 1.82) is 0 Å². The van der Waals surface area contributed by atoms with Gasteiger partial charge in [0.05, 0.1) is 24.1 Å². The van der Waals surface area contributed by atoms with Crippen LogP contribution in [0.25, 0.3) is 0 Å². The van der Waals surface area contributed by atoms with E-state index in [1.807, 2.05) is 0 Å². The molecule has 0 aromatic carbocycles. The fraction of sp³-hybridized carbons (Fsp3) is 0.333. The summed E-state index contributed by atoms with van der Waals surface area (Å²) < 4.78 is 30.1. The predicted octanol–water partition coefficient (Wildman–Crippen LogP) is 2.99. The maximum Gasteiger partial charge on any atom is 0.310 e. The first kappa shape index (κ1) is 13.6. The second kappa shape index (κ2) is 5.72. The molecule has 0 radical (unpaired) electrons. The van der Waals surface area contributed by atoms with E-state index < -0.39 is 12.4 Å². The maximum atomic E-state index is 12.8. The average Bonchev–Trinajstić information content (AvgIpc) is 2.22. The highest BCUT2D eigenvalue weighted by Crippen LogP contribution is 2.31. The van der Waals surface area contributed by atoms with Crippen LogP contribution in [0.5, 0.6) is 0 Å². The summed E-state index contributed by atoms with van der Waals surface area (Å²) in [6.07, 6.45) is -1.76. The molecule has 0 spiro atoms. The van der Waals surface area contributed by atoms with Crippen molar-refractivity contribution < 1.29 is 18.3 Å². The molecule has 7 heteroatoms. The van der Waals surface area contributed by atoms with E-state index in [2.05, 4.69) is 9.72 Å². The van der Waals surface area contributed by atoms with Crippen LogP contribution in [0.4, 0.5) is 8.78 Å². The van der Waals surface area contributed by atoms with E-state index in [1.54, 1.807) is 22.6 Å². The number of ether oxygens (including phenoxy) is 1. The molecule has 0 bridgehead atoms. The molecule has 1 aromatic rings. The first-order valence-corrected chi connectivity index (χ1v) is 5.60. The smallest absolute Gasteiger partial charge is 0.310 e. The van der Waals surface area contributed by atoms with Crippen molar-refractivity contribution in [3.63, 3.8) is 0 Å². The van der Waals surface area contributed by atoms with Crippen LogP contribution in [0.15, 0.2) is 6.20 Å². The Hall–Kier alpha value is -0.500. The van der Waals surface area contributed by atoms with Crippen molar-refractivity contribution in [2.45, 2.75) is 12.8 Å². The minimum Gasteiger partial charge on any atom is -0.469 e. The summed E-state index contributed by atoms with van der Waals surface area (Å²) in [7, 11) is 1.18. The number of aromatic nitrogens is 1. The van der Waals surface area contributed by atoms with Gasteiger partial charge in [-0.1, -0.05) is 11.6 Å². The van der Waals surface area contributed by atoms with Gasteiger partial charge < -0.3 is 4.74 Å². The first-order valence-electron chi connectivity index (χ1n) is 4.15. The molecule has 0 fully saturated rings. The molecule has 1 heterocycles. The molecule has 0 aliphatic rings. The topological polar surface area (TPSA) is 39.2 Å². The highest BCUT2D eigenvalue weighted by Gasteiger charge is 2.22. The zero-order valence-electron chi connectivity index (χ0n) is 8.14. The number of nitrogens with zero attached hydrogens (tertiary/aromatic N) is 1. The van der Waals surface area contributed by atoms with Crippen LogP contribution >= 0.6 is 34.2 Å². The van der Waals surface area contributed by atoms with Crippen molar-refractivity contribution in [3.8, 4) is 0 Å². The minimum atomic E-state index is -2.72. The molecule has 88 valence electrons. The third-order valence-electron chi connectivity index (χ3n) is 1.89. The van der Waals surface area contributed by atoms with Crippen LogP contribution in [0.2, 0.25) is 5.02 Å². The van der Waals surface area contributed by atoms with Crippen LogP contribution in [0.3, 0.4) is 0 Å². The molecular formula is C9H7ClF2INO2. The van der Waals surface area contributed by atoms with Crippen molar-refractivity contribution in [1.82, 2.24) is 4.98 Å². The van der Waals surface area contributed by atoms with Gasteiger partial charge in [0.15, 0.2) is 0 Å². The zero-order chi connectivity index (χ0) is 12.3. The molecule has 16 heavy (non-hydrogen) atoms. The largest absolute Gasteiger partial charge is 0.469 e. The van der Waals surface area contributed by atoms with Gasteiger partial charge in [-0.15, -0.1) is 0 Å². The molecule has 0 atom stereocenters. The van der Waals surface area contributed by atoms with Crippen molar-refractivity contribution in [2.75, 3.05) is 7.11 Å². The van der Waals surface area contributed by atoms with E-state index in [0.29, 0.717) is 0 Å². The molecule has 0 aliphatic carbocycles. The number of pyridine rings is 1. The number of rotatable bonds is 3. The number of hydrogen-bond donors (Lipinski definition) is 0. The molecule has 0 saturated carbocycles. The number of hydrogen-bond acceptors (Lipinski definition) is 3. The second-order valence-corrected chi connectivity index (χ2v) is 4.27. The number of carbonyl (C=O) groups is 1. The lowest BCUT2D eigenvalue weighted by Gasteiger charge is -2.11. The van der Waals surface area contributed by atoms with Gasteiger partial charge in [-0.3, -0.25) is 4.79 Å². The Bertz CT molecular complexity index is 415. The summed E-state index contributed by atoms with van der Waals surface area (Å²) in [6, 6.07) is 0. The van der Waals surface area contributed by atoms with E-state index in [1.165, 1.54) is 13.3 Å². The van der Waals surface area contributed by atoms with Crippen LogP contribution in [0, 0.1) is 3.70 Å². The third kappa shape index (κ3) is 3.00. The molecule has 0 unspecified atom stereocenters. The summed E-state index contributed by atoms with van der Waals surface area (Å²) in [5.74, 6) is -0.620. The van der Waals surface area contributed by atoms with Crippen molar-refractivity contribution in [2.24, 2.45) is 0 Å². The third-order valence-corrected chi connectivity index (χ3v) is 3.08. The van der Waals surface area contributed by atoms with Crippen LogP contribution in [0.1, 0.15) is 17.6 Å². The minimum absolute atomic E-state index is 0.0427. The highest BCUT2D eigenvalue weighted by molar-refractivity contribution is 14.1. The van der Waals surface area contributed by atoms with Gasteiger partial charge in [0, 0.05) is 6.20 Å². The lowest BCUT2D eigenvalue weighted by atomic mass is 10.1. The Labute approximate surface area is 109 Å². The summed E-state index contributed by atoms with van der Waals surface area (Å²) >= 11 is 7.41. The zero-order valence-corrected chi connectivity index (χ0v) is 11.1. The van der Waals surface area contributed by atoms with Gasteiger partial charge in [-0.05, 0) is 28.2 Å². The predicted molar refractivity (Wildman–Crippen MR) is 62.6 cm³/mol. The van der Waals surface area contributed by atoms with Gasteiger partial charge >= 0.3 is 5.97 Å². The van der Waals surface area contributed by atoms with E-state index in [-0.39, 0.29) is 26.3 Å². The highest BCUT2D eigenvalue weighted by atomic mass is 127. The SMILES string of the molecule is COC(=O)Cc1c(Cl)cnc(I)c1C(F)F. The molecule has 0 saturated heterocycles. The Morgan fingerprint density at radius 2 is 2.31 bits per heavy atom.